The number of phosphoric acid groups is 1. The van der Waals surface area contributed by atoms with E-state index >= 15 is 0 Å². The van der Waals surface area contributed by atoms with Crippen LogP contribution in [0.25, 0.3) is 0 Å². The lowest BCUT2D eigenvalue weighted by Crippen LogP contribution is -2.29. The highest BCUT2D eigenvalue weighted by Gasteiger charge is 2.27. The molecule has 0 aromatic carbocycles. The van der Waals surface area contributed by atoms with Crippen LogP contribution in [0.15, 0.2) is 24.3 Å². The van der Waals surface area contributed by atoms with Gasteiger partial charge in [0.05, 0.1) is 19.8 Å². The van der Waals surface area contributed by atoms with Gasteiger partial charge in [0.1, 0.15) is 12.7 Å². The molecule has 0 heterocycles. The van der Waals surface area contributed by atoms with Gasteiger partial charge < -0.3 is 24.6 Å². The molecular formula is C46H87O10P. The van der Waals surface area contributed by atoms with Crippen LogP contribution in [0.5, 0.6) is 0 Å². The number of aliphatic hydroxyl groups excluding tert-OH is 2. The van der Waals surface area contributed by atoms with Crippen molar-refractivity contribution in [2.75, 3.05) is 26.4 Å². The lowest BCUT2D eigenvalue weighted by atomic mass is 10.0. The summed E-state index contributed by atoms with van der Waals surface area (Å²) < 4.78 is 32.8. The second-order valence-electron chi connectivity index (χ2n) is 15.8. The van der Waals surface area contributed by atoms with E-state index in [4.69, 9.17) is 23.6 Å². The van der Waals surface area contributed by atoms with Crippen LogP contribution in [0.3, 0.4) is 0 Å². The van der Waals surface area contributed by atoms with E-state index in [2.05, 4.69) is 38.2 Å². The van der Waals surface area contributed by atoms with Gasteiger partial charge in [-0.2, -0.15) is 0 Å². The zero-order chi connectivity index (χ0) is 41.9. The van der Waals surface area contributed by atoms with Gasteiger partial charge in [-0.15, -0.1) is 0 Å². The Labute approximate surface area is 348 Å². The summed E-state index contributed by atoms with van der Waals surface area (Å²) in [5.41, 5.74) is 0. The second-order valence-corrected chi connectivity index (χ2v) is 17.2. The number of rotatable bonds is 44. The lowest BCUT2D eigenvalue weighted by molar-refractivity contribution is -0.161. The van der Waals surface area contributed by atoms with Crippen molar-refractivity contribution in [3.63, 3.8) is 0 Å². The molecule has 1 unspecified atom stereocenters. The first-order valence-corrected chi connectivity index (χ1v) is 24.8. The topological polar surface area (TPSA) is 149 Å². The average Bonchev–Trinajstić information content (AvgIpc) is 3.20. The van der Waals surface area contributed by atoms with Crippen LogP contribution in [0, 0.1) is 0 Å². The molecule has 0 bridgehead atoms. The van der Waals surface area contributed by atoms with Crippen LogP contribution in [-0.2, 0) is 32.7 Å². The lowest BCUT2D eigenvalue weighted by Gasteiger charge is -2.20. The first kappa shape index (κ1) is 55.5. The minimum atomic E-state index is -4.62. The van der Waals surface area contributed by atoms with Gasteiger partial charge in [0.15, 0.2) is 6.10 Å². The van der Waals surface area contributed by atoms with Gasteiger partial charge in [-0.05, 0) is 44.9 Å². The molecular weight excluding hydrogens is 743 g/mol. The Balaban J connectivity index is 4.24. The van der Waals surface area contributed by atoms with Gasteiger partial charge in [0.2, 0.25) is 0 Å². The Hall–Kier alpha value is -1.55. The van der Waals surface area contributed by atoms with E-state index in [0.29, 0.717) is 12.8 Å². The number of phosphoric ester groups is 1. The smallest absolute Gasteiger partial charge is 0.462 e. The fraction of sp³-hybridized carbons (Fsp3) is 0.870. The predicted octanol–water partition coefficient (Wildman–Crippen LogP) is 12.6. The fourth-order valence-electron chi connectivity index (χ4n) is 6.50. The third-order valence-corrected chi connectivity index (χ3v) is 11.1. The zero-order valence-corrected chi connectivity index (χ0v) is 37.5. The van der Waals surface area contributed by atoms with Gasteiger partial charge in [0, 0.05) is 12.8 Å². The Morgan fingerprint density at radius 3 is 1.39 bits per heavy atom. The summed E-state index contributed by atoms with van der Waals surface area (Å²) in [7, 11) is -4.62. The molecule has 0 rings (SSSR count). The first-order chi connectivity index (χ1) is 27.7. The molecule has 10 nitrogen and oxygen atoms in total. The molecule has 0 aromatic heterocycles. The van der Waals surface area contributed by atoms with Crippen LogP contribution in [0.2, 0.25) is 0 Å². The molecule has 0 saturated carbocycles. The van der Waals surface area contributed by atoms with Crippen molar-refractivity contribution >= 4 is 19.8 Å². The van der Waals surface area contributed by atoms with Gasteiger partial charge >= 0.3 is 19.8 Å². The van der Waals surface area contributed by atoms with Crippen LogP contribution < -0.4 is 0 Å². The van der Waals surface area contributed by atoms with Crippen molar-refractivity contribution in [1.82, 2.24) is 0 Å². The molecule has 0 amide bonds. The number of esters is 2. The van der Waals surface area contributed by atoms with Gasteiger partial charge in [-0.25, -0.2) is 4.57 Å². The van der Waals surface area contributed by atoms with E-state index in [0.717, 1.165) is 51.4 Å². The van der Waals surface area contributed by atoms with E-state index in [1.165, 1.54) is 128 Å². The summed E-state index contributed by atoms with van der Waals surface area (Å²) in [6, 6.07) is 0. The molecule has 0 spiro atoms. The Bertz CT molecular complexity index is 1000. The van der Waals surface area contributed by atoms with Gasteiger partial charge in [-0.1, -0.05) is 186 Å². The predicted molar refractivity (Wildman–Crippen MR) is 233 cm³/mol. The monoisotopic (exact) mass is 831 g/mol. The Kier molecular flexibility index (Phi) is 41.4. The number of allylic oxidation sites excluding steroid dienone is 4. The Morgan fingerprint density at radius 1 is 0.526 bits per heavy atom. The largest absolute Gasteiger partial charge is 0.472 e. The van der Waals surface area contributed by atoms with E-state index in [-0.39, 0.29) is 19.4 Å². The third-order valence-electron chi connectivity index (χ3n) is 10.1. The number of hydrogen-bond donors (Lipinski definition) is 3. The highest BCUT2D eigenvalue weighted by molar-refractivity contribution is 7.47. The molecule has 11 heteroatoms. The van der Waals surface area contributed by atoms with E-state index in [9.17, 15) is 24.2 Å². The molecule has 0 aliphatic heterocycles. The normalized spacial score (nSPS) is 14.0. The molecule has 3 atom stereocenters. The minimum Gasteiger partial charge on any atom is -0.462 e. The van der Waals surface area contributed by atoms with Crippen molar-refractivity contribution in [2.45, 2.75) is 232 Å². The number of carbonyl (C=O) groups excluding carboxylic acids is 2. The Morgan fingerprint density at radius 2 is 0.912 bits per heavy atom. The van der Waals surface area contributed by atoms with Crippen molar-refractivity contribution in [3.8, 4) is 0 Å². The third kappa shape index (κ3) is 42.4. The van der Waals surface area contributed by atoms with E-state index < -0.39 is 51.8 Å². The SMILES string of the molecule is CCCCC/C=C\C/C=C\CCCCCCCCCC(=O)OC[C@H](COP(=O)(O)OC[C@@H](O)CO)OC(=O)CCCCCCCCCCCCCCCCCCC. The molecule has 336 valence electrons. The zero-order valence-electron chi connectivity index (χ0n) is 36.6. The van der Waals surface area contributed by atoms with Crippen LogP contribution in [-0.4, -0.2) is 65.7 Å². The van der Waals surface area contributed by atoms with Crippen LogP contribution in [0.4, 0.5) is 0 Å². The summed E-state index contributed by atoms with van der Waals surface area (Å²) in [6.45, 7) is 2.38. The number of carbonyl (C=O) groups is 2. The number of unbranched alkanes of at least 4 members (excludes halogenated alkanes) is 26. The quantitative estimate of drug-likeness (QED) is 0.0234. The molecule has 0 aromatic rings. The van der Waals surface area contributed by atoms with E-state index in [1.807, 2.05) is 0 Å². The highest BCUT2D eigenvalue weighted by Crippen LogP contribution is 2.43. The van der Waals surface area contributed by atoms with Crippen molar-refractivity contribution < 1.29 is 47.8 Å². The summed E-state index contributed by atoms with van der Waals surface area (Å²) in [5.74, 6) is -0.923. The number of hydrogen-bond acceptors (Lipinski definition) is 9. The van der Waals surface area contributed by atoms with Crippen LogP contribution in [0.1, 0.15) is 219 Å². The van der Waals surface area contributed by atoms with Crippen molar-refractivity contribution in [1.29, 1.82) is 0 Å². The maximum absolute atomic E-state index is 12.6. The molecule has 0 aliphatic carbocycles. The molecule has 57 heavy (non-hydrogen) atoms. The average molecular weight is 831 g/mol. The maximum atomic E-state index is 12.6. The second kappa shape index (κ2) is 42.6. The van der Waals surface area contributed by atoms with Crippen molar-refractivity contribution in [2.24, 2.45) is 0 Å². The number of ether oxygens (including phenoxy) is 2. The molecule has 0 fully saturated rings. The summed E-state index contributed by atoms with van der Waals surface area (Å²) >= 11 is 0. The maximum Gasteiger partial charge on any atom is 0.472 e. The molecule has 0 radical (unpaired) electrons. The molecule has 0 aliphatic rings. The van der Waals surface area contributed by atoms with E-state index in [1.54, 1.807) is 0 Å². The standard InChI is InChI=1S/C46H87O10P/c1-3-5-7-9-11-13-15-17-19-21-23-25-27-29-31-33-35-37-45(49)53-41-44(42-55-57(51,52)54-40-43(48)39-47)56-46(50)38-36-34-32-30-28-26-24-22-20-18-16-14-12-10-8-6-4-2/h11,13,17,19,43-44,47-48H,3-10,12,14-16,18,20-42H2,1-2H3,(H,51,52)/b13-11-,19-17-/t43-,44+/m0/s1. The molecule has 3 N–H and O–H groups in total. The van der Waals surface area contributed by atoms with Gasteiger partial charge in [-0.3, -0.25) is 18.6 Å². The summed E-state index contributed by atoms with van der Waals surface area (Å²) in [5, 5.41) is 18.4. The number of aliphatic hydroxyl groups is 2. The molecule has 0 saturated heterocycles. The summed E-state index contributed by atoms with van der Waals surface area (Å²) in [4.78, 5) is 35.1. The fourth-order valence-corrected chi connectivity index (χ4v) is 7.28. The van der Waals surface area contributed by atoms with Crippen LogP contribution >= 0.6 is 7.82 Å². The minimum absolute atomic E-state index is 0.187. The summed E-state index contributed by atoms with van der Waals surface area (Å²) in [6.07, 6.45) is 42.8. The van der Waals surface area contributed by atoms with Crippen molar-refractivity contribution in [3.05, 3.63) is 24.3 Å². The van der Waals surface area contributed by atoms with Gasteiger partial charge in [0.25, 0.3) is 0 Å². The highest BCUT2D eigenvalue weighted by atomic mass is 31.2. The first-order valence-electron chi connectivity index (χ1n) is 23.3.